The Morgan fingerprint density at radius 1 is 1.56 bits per heavy atom. The first kappa shape index (κ1) is 15.3. The summed E-state index contributed by atoms with van der Waals surface area (Å²) in [6, 6.07) is -0.305. The van der Waals surface area contributed by atoms with Gasteiger partial charge in [-0.2, -0.15) is 0 Å². The minimum absolute atomic E-state index is 0.0681. The van der Waals surface area contributed by atoms with Crippen molar-refractivity contribution in [3.63, 3.8) is 0 Å². The van der Waals surface area contributed by atoms with Gasteiger partial charge in [0.25, 0.3) is 0 Å². The maximum absolute atomic E-state index is 12.0. The molecule has 2 atom stereocenters. The lowest BCUT2D eigenvalue weighted by molar-refractivity contribution is -0.126. The van der Waals surface area contributed by atoms with Gasteiger partial charge in [0.1, 0.15) is 5.72 Å². The van der Waals surface area contributed by atoms with E-state index in [0.29, 0.717) is 19.3 Å². The van der Waals surface area contributed by atoms with Crippen molar-refractivity contribution in [2.75, 3.05) is 0 Å². The zero-order chi connectivity index (χ0) is 12.8. The maximum atomic E-state index is 12.0. The first-order valence-electron chi connectivity index (χ1n) is 5.84. The molecule has 0 fully saturated rings. The van der Waals surface area contributed by atoms with Crippen molar-refractivity contribution in [1.29, 1.82) is 5.41 Å². The number of nitrogens with one attached hydrogen (secondary N) is 2. The Morgan fingerprint density at radius 3 is 2.50 bits per heavy atom. The number of hydrogen-bond donors (Lipinski definition) is 3. The molecule has 94 valence electrons. The number of carbonyl (C=O) groups is 1. The molecule has 0 spiro atoms. The Balaban J connectivity index is 4.35. The van der Waals surface area contributed by atoms with Crippen LogP contribution >= 0.6 is 0 Å². The highest BCUT2D eigenvalue weighted by molar-refractivity contribution is 5.86. The zero-order valence-corrected chi connectivity index (χ0v) is 10.7. The number of rotatable bonds is 8. The molecule has 0 aliphatic rings. The third-order valence-electron chi connectivity index (χ3n) is 2.51. The van der Waals surface area contributed by atoms with E-state index in [2.05, 4.69) is 5.32 Å². The number of ketones is 1. The van der Waals surface area contributed by atoms with E-state index < -0.39 is 5.72 Å². The van der Waals surface area contributed by atoms with Crippen LogP contribution in [0.3, 0.4) is 0 Å². The van der Waals surface area contributed by atoms with Gasteiger partial charge in [-0.25, -0.2) is 0 Å². The van der Waals surface area contributed by atoms with Gasteiger partial charge < -0.3 is 10.5 Å². The molecule has 0 saturated heterocycles. The lowest BCUT2D eigenvalue weighted by atomic mass is 9.93. The van der Waals surface area contributed by atoms with Gasteiger partial charge in [-0.3, -0.25) is 10.1 Å². The fourth-order valence-electron chi connectivity index (χ4n) is 1.62. The second-order valence-electron chi connectivity index (χ2n) is 4.75. The molecule has 0 rings (SSSR count). The molecule has 3 N–H and O–H groups in total. The fraction of sp³-hybridized carbons (Fsp3) is 0.833. The maximum Gasteiger partial charge on any atom is 0.152 e. The SMILES string of the molecule is CCC(NC(C)(C)O)C(=O)C(C)CCC=N. The third kappa shape index (κ3) is 5.98. The van der Waals surface area contributed by atoms with Crippen LogP contribution in [0.4, 0.5) is 0 Å². The molecule has 2 unspecified atom stereocenters. The molecule has 0 heterocycles. The first-order chi connectivity index (χ1) is 7.31. The van der Waals surface area contributed by atoms with E-state index >= 15 is 0 Å². The summed E-state index contributed by atoms with van der Waals surface area (Å²) in [5.41, 5.74) is -1.03. The number of Topliss-reactive ketones (excluding diaryl/α,β-unsaturated/α-hetero) is 1. The van der Waals surface area contributed by atoms with Crippen molar-refractivity contribution in [3.05, 3.63) is 0 Å². The summed E-state index contributed by atoms with van der Waals surface area (Å²) in [4.78, 5) is 12.0. The van der Waals surface area contributed by atoms with Gasteiger partial charge in [0.05, 0.1) is 6.04 Å². The van der Waals surface area contributed by atoms with E-state index in [0.717, 1.165) is 0 Å². The van der Waals surface area contributed by atoms with E-state index in [9.17, 15) is 9.90 Å². The Hall–Kier alpha value is -0.740. The molecule has 0 radical (unpaired) electrons. The van der Waals surface area contributed by atoms with Crippen LogP contribution in [0.2, 0.25) is 0 Å². The average Bonchev–Trinajstić information content (AvgIpc) is 2.20. The fourth-order valence-corrected chi connectivity index (χ4v) is 1.62. The van der Waals surface area contributed by atoms with Gasteiger partial charge in [-0.1, -0.05) is 13.8 Å². The summed E-state index contributed by atoms with van der Waals surface area (Å²) in [6.07, 6.45) is 3.32. The number of aliphatic hydroxyl groups is 1. The van der Waals surface area contributed by atoms with Crippen molar-refractivity contribution < 1.29 is 9.90 Å². The predicted molar refractivity (Wildman–Crippen MR) is 65.7 cm³/mol. The monoisotopic (exact) mass is 228 g/mol. The predicted octanol–water partition coefficient (Wildman–Crippen LogP) is 1.72. The molecule has 0 aliphatic carbocycles. The van der Waals surface area contributed by atoms with Crippen molar-refractivity contribution in [1.82, 2.24) is 5.32 Å². The van der Waals surface area contributed by atoms with Crippen LogP contribution in [0.1, 0.15) is 47.0 Å². The highest BCUT2D eigenvalue weighted by atomic mass is 16.3. The quantitative estimate of drug-likeness (QED) is 0.437. The molecular weight excluding hydrogens is 204 g/mol. The van der Waals surface area contributed by atoms with Crippen LogP contribution in [0.5, 0.6) is 0 Å². The smallest absolute Gasteiger partial charge is 0.152 e. The van der Waals surface area contributed by atoms with E-state index in [1.807, 2.05) is 13.8 Å². The summed E-state index contributed by atoms with van der Waals surface area (Å²) in [6.45, 7) is 7.06. The summed E-state index contributed by atoms with van der Waals surface area (Å²) in [5, 5.41) is 19.5. The van der Waals surface area contributed by atoms with Gasteiger partial charge in [0.2, 0.25) is 0 Å². The van der Waals surface area contributed by atoms with Gasteiger partial charge in [-0.05, 0) is 39.3 Å². The average molecular weight is 228 g/mol. The van der Waals surface area contributed by atoms with E-state index in [4.69, 9.17) is 5.41 Å². The molecule has 4 heteroatoms. The lowest BCUT2D eigenvalue weighted by Gasteiger charge is -2.27. The summed E-state index contributed by atoms with van der Waals surface area (Å²) >= 11 is 0. The minimum atomic E-state index is -1.03. The normalized spacial score (nSPS) is 15.6. The van der Waals surface area contributed by atoms with Gasteiger partial charge in [-0.15, -0.1) is 0 Å². The molecule has 4 nitrogen and oxygen atoms in total. The number of carbonyl (C=O) groups excluding carboxylic acids is 1. The molecule has 0 aromatic carbocycles. The molecule has 0 amide bonds. The summed E-state index contributed by atoms with van der Waals surface area (Å²) < 4.78 is 0. The second kappa shape index (κ2) is 6.76. The van der Waals surface area contributed by atoms with Crippen LogP contribution in [0.15, 0.2) is 0 Å². The molecule has 0 aromatic heterocycles. The summed E-state index contributed by atoms with van der Waals surface area (Å²) in [5.74, 6) is 0.0490. The standard InChI is InChI=1S/C12H24N2O2/c1-5-10(14-12(3,4)16)11(15)9(2)7-6-8-13/h8-10,13-14,16H,5-7H2,1-4H3. The van der Waals surface area contributed by atoms with E-state index in [1.165, 1.54) is 6.21 Å². The van der Waals surface area contributed by atoms with Crippen molar-refractivity contribution >= 4 is 12.0 Å². The zero-order valence-electron chi connectivity index (χ0n) is 10.7. The van der Waals surface area contributed by atoms with Crippen LogP contribution in [-0.2, 0) is 4.79 Å². The van der Waals surface area contributed by atoms with Crippen LogP contribution < -0.4 is 5.32 Å². The largest absolute Gasteiger partial charge is 0.376 e. The minimum Gasteiger partial charge on any atom is -0.376 e. The Kier molecular flexibility index (Phi) is 6.45. The molecular formula is C12H24N2O2. The Bertz CT molecular complexity index is 234. The topological polar surface area (TPSA) is 73.2 Å². The van der Waals surface area contributed by atoms with Gasteiger partial charge >= 0.3 is 0 Å². The molecule has 16 heavy (non-hydrogen) atoms. The second-order valence-corrected chi connectivity index (χ2v) is 4.75. The Labute approximate surface area is 97.9 Å². The van der Waals surface area contributed by atoms with E-state index in [-0.39, 0.29) is 17.7 Å². The van der Waals surface area contributed by atoms with Crippen molar-refractivity contribution in [2.45, 2.75) is 58.7 Å². The van der Waals surface area contributed by atoms with Crippen molar-refractivity contribution in [2.24, 2.45) is 5.92 Å². The van der Waals surface area contributed by atoms with Gasteiger partial charge in [0.15, 0.2) is 5.78 Å². The van der Waals surface area contributed by atoms with E-state index in [1.54, 1.807) is 13.8 Å². The lowest BCUT2D eigenvalue weighted by Crippen LogP contribution is -2.50. The number of hydrogen-bond acceptors (Lipinski definition) is 4. The van der Waals surface area contributed by atoms with Crippen LogP contribution in [0, 0.1) is 11.3 Å². The Morgan fingerprint density at radius 2 is 2.12 bits per heavy atom. The van der Waals surface area contributed by atoms with Crippen LogP contribution in [0.25, 0.3) is 0 Å². The molecule has 0 bridgehead atoms. The highest BCUT2D eigenvalue weighted by Crippen LogP contribution is 2.12. The van der Waals surface area contributed by atoms with Crippen molar-refractivity contribution in [3.8, 4) is 0 Å². The van der Waals surface area contributed by atoms with Crippen LogP contribution in [-0.4, -0.2) is 28.9 Å². The molecule has 0 saturated carbocycles. The highest BCUT2D eigenvalue weighted by Gasteiger charge is 2.26. The summed E-state index contributed by atoms with van der Waals surface area (Å²) in [7, 11) is 0. The molecule has 0 aromatic rings. The first-order valence-corrected chi connectivity index (χ1v) is 5.84. The van der Waals surface area contributed by atoms with Gasteiger partial charge in [0, 0.05) is 5.92 Å². The molecule has 0 aliphatic heterocycles. The third-order valence-corrected chi connectivity index (χ3v) is 2.51.